The first-order chi connectivity index (χ1) is 6.70. The number of anilines is 1. The molecule has 0 unspecified atom stereocenters. The third-order valence-corrected chi connectivity index (χ3v) is 2.02. The Morgan fingerprint density at radius 2 is 2.36 bits per heavy atom. The highest BCUT2D eigenvalue weighted by Crippen LogP contribution is 2.05. The summed E-state index contributed by atoms with van der Waals surface area (Å²) in [5.41, 5.74) is 6.45. The van der Waals surface area contributed by atoms with Gasteiger partial charge in [-0.1, -0.05) is 13.3 Å². The molecule has 14 heavy (non-hydrogen) atoms. The maximum absolute atomic E-state index is 11.5. The Morgan fingerprint density at radius 1 is 1.64 bits per heavy atom. The van der Waals surface area contributed by atoms with Crippen LogP contribution in [0.5, 0.6) is 0 Å². The van der Waals surface area contributed by atoms with Crippen LogP contribution in [0.15, 0.2) is 4.79 Å². The largest absolute Gasteiger partial charge is 0.393 e. The summed E-state index contributed by atoms with van der Waals surface area (Å²) in [6.45, 7) is 2.40. The van der Waals surface area contributed by atoms with Crippen molar-refractivity contribution in [2.75, 3.05) is 5.73 Å². The predicted molar refractivity (Wildman–Crippen MR) is 53.7 cm³/mol. The van der Waals surface area contributed by atoms with Crippen LogP contribution in [0, 0.1) is 11.3 Å². The summed E-state index contributed by atoms with van der Waals surface area (Å²) in [5.74, 6) is 0. The first kappa shape index (κ1) is 10.4. The minimum absolute atomic E-state index is 0.219. The number of nitrogens with one attached hydrogen (secondary N) is 1. The number of hydrogen-bond donors (Lipinski definition) is 2. The Balaban J connectivity index is 2.92. The molecule has 0 aliphatic heterocycles. The number of nitrogens with zero attached hydrogens (tertiary/aromatic N) is 2. The predicted octanol–water partition coefficient (Wildman–Crippen LogP) is 0.625. The molecular weight excluding hydrogens is 180 g/mol. The van der Waals surface area contributed by atoms with Crippen LogP contribution < -0.4 is 11.3 Å². The fraction of sp³-hybridized carbons (Fsp3) is 0.556. The second kappa shape index (κ2) is 4.51. The van der Waals surface area contributed by atoms with E-state index in [9.17, 15) is 4.79 Å². The van der Waals surface area contributed by atoms with Gasteiger partial charge in [0, 0.05) is 0 Å². The van der Waals surface area contributed by atoms with Gasteiger partial charge < -0.3 is 5.73 Å². The zero-order chi connectivity index (χ0) is 10.6. The molecule has 1 heterocycles. The first-order valence-electron chi connectivity index (χ1n) is 4.64. The highest BCUT2D eigenvalue weighted by Gasteiger charge is 2.09. The fourth-order valence-corrected chi connectivity index (χ4v) is 1.31. The van der Waals surface area contributed by atoms with Gasteiger partial charge in [-0.15, -0.1) is 0 Å². The van der Waals surface area contributed by atoms with Gasteiger partial charge in [0.1, 0.15) is 5.69 Å². The zero-order valence-electron chi connectivity index (χ0n) is 8.21. The van der Waals surface area contributed by atoms with Crippen LogP contribution in [-0.2, 0) is 13.0 Å². The van der Waals surface area contributed by atoms with Gasteiger partial charge in [0.05, 0.1) is 24.7 Å². The number of nitrogens with two attached hydrogens (primary N) is 1. The van der Waals surface area contributed by atoms with E-state index >= 15 is 0 Å². The van der Waals surface area contributed by atoms with E-state index in [4.69, 9.17) is 11.0 Å². The summed E-state index contributed by atoms with van der Waals surface area (Å²) in [7, 11) is 0. The second-order valence-corrected chi connectivity index (χ2v) is 3.12. The summed E-state index contributed by atoms with van der Waals surface area (Å²) in [4.78, 5) is 11.5. The molecular formula is C9H14N4O. The maximum atomic E-state index is 11.5. The van der Waals surface area contributed by atoms with Crippen molar-refractivity contribution < 1.29 is 0 Å². The van der Waals surface area contributed by atoms with Crippen LogP contribution in [-0.4, -0.2) is 9.78 Å². The molecule has 0 fully saturated rings. The minimum Gasteiger partial charge on any atom is -0.393 e. The van der Waals surface area contributed by atoms with Gasteiger partial charge in [0.15, 0.2) is 0 Å². The molecule has 1 aromatic heterocycles. The van der Waals surface area contributed by atoms with Crippen molar-refractivity contribution >= 4 is 5.69 Å². The number of H-pyrrole nitrogens is 1. The van der Waals surface area contributed by atoms with Crippen molar-refractivity contribution in [2.45, 2.75) is 32.7 Å². The van der Waals surface area contributed by atoms with Gasteiger partial charge in [-0.2, -0.15) is 5.26 Å². The van der Waals surface area contributed by atoms with Gasteiger partial charge in [-0.05, 0) is 6.42 Å². The van der Waals surface area contributed by atoms with E-state index in [2.05, 4.69) is 5.10 Å². The lowest BCUT2D eigenvalue weighted by Crippen LogP contribution is -2.18. The molecule has 0 aromatic carbocycles. The lowest BCUT2D eigenvalue weighted by molar-refractivity contribution is 0.598. The van der Waals surface area contributed by atoms with Crippen LogP contribution in [0.25, 0.3) is 0 Å². The Morgan fingerprint density at radius 3 is 2.93 bits per heavy atom. The third kappa shape index (κ3) is 1.96. The highest BCUT2D eigenvalue weighted by atomic mass is 16.1. The average Bonchev–Trinajstić information content (AvgIpc) is 2.44. The fourth-order valence-electron chi connectivity index (χ4n) is 1.31. The smallest absolute Gasteiger partial charge is 0.289 e. The summed E-state index contributed by atoms with van der Waals surface area (Å²) < 4.78 is 1.39. The van der Waals surface area contributed by atoms with Crippen molar-refractivity contribution in [3.05, 3.63) is 16.0 Å². The first-order valence-corrected chi connectivity index (χ1v) is 4.64. The Labute approximate surface area is 82.1 Å². The van der Waals surface area contributed by atoms with Crippen molar-refractivity contribution in [1.29, 1.82) is 5.26 Å². The van der Waals surface area contributed by atoms with Gasteiger partial charge in [-0.25, -0.2) is 0 Å². The van der Waals surface area contributed by atoms with Gasteiger partial charge in [0.2, 0.25) is 0 Å². The minimum atomic E-state index is -0.219. The Kier molecular flexibility index (Phi) is 3.35. The van der Waals surface area contributed by atoms with E-state index in [1.807, 2.05) is 13.0 Å². The molecule has 0 aliphatic rings. The molecule has 1 aromatic rings. The molecule has 0 amide bonds. The number of hydrogen-bond acceptors (Lipinski definition) is 3. The molecule has 0 radical (unpaired) electrons. The Hall–Kier alpha value is -1.70. The monoisotopic (exact) mass is 194 g/mol. The molecule has 5 heteroatoms. The number of aromatic nitrogens is 2. The number of rotatable bonds is 4. The van der Waals surface area contributed by atoms with Crippen molar-refractivity contribution in [3.8, 4) is 6.07 Å². The van der Waals surface area contributed by atoms with Crippen LogP contribution in [0.1, 0.15) is 25.5 Å². The van der Waals surface area contributed by atoms with E-state index < -0.39 is 0 Å². The summed E-state index contributed by atoms with van der Waals surface area (Å²) >= 11 is 0. The van der Waals surface area contributed by atoms with E-state index in [1.54, 1.807) is 0 Å². The molecule has 0 spiro atoms. The molecule has 0 aliphatic carbocycles. The zero-order valence-corrected chi connectivity index (χ0v) is 8.21. The number of nitrogen functional groups attached to an aromatic ring is 1. The summed E-state index contributed by atoms with van der Waals surface area (Å²) in [6.07, 6.45) is 2.01. The quantitative estimate of drug-likeness (QED) is 0.736. The lowest BCUT2D eigenvalue weighted by Gasteiger charge is -1.96. The van der Waals surface area contributed by atoms with Crippen molar-refractivity contribution in [3.63, 3.8) is 0 Å². The molecule has 3 N–H and O–H groups in total. The van der Waals surface area contributed by atoms with E-state index in [1.165, 1.54) is 4.68 Å². The molecule has 1 rings (SSSR count). The van der Waals surface area contributed by atoms with E-state index in [0.29, 0.717) is 13.0 Å². The molecule has 76 valence electrons. The number of aryl methyl sites for hydroxylation is 2. The molecule has 0 saturated heterocycles. The average molecular weight is 194 g/mol. The van der Waals surface area contributed by atoms with Gasteiger partial charge in [0.25, 0.3) is 5.56 Å². The van der Waals surface area contributed by atoms with Gasteiger partial charge in [-0.3, -0.25) is 14.6 Å². The van der Waals surface area contributed by atoms with Crippen LogP contribution in [0.2, 0.25) is 0 Å². The molecule has 0 saturated carbocycles. The number of nitriles is 1. The maximum Gasteiger partial charge on any atom is 0.289 e. The summed E-state index contributed by atoms with van der Waals surface area (Å²) in [6, 6.07) is 1.98. The number of aromatic amines is 1. The van der Waals surface area contributed by atoms with Crippen LogP contribution >= 0.6 is 0 Å². The van der Waals surface area contributed by atoms with E-state index in [-0.39, 0.29) is 11.2 Å². The normalized spacial score (nSPS) is 10.0. The van der Waals surface area contributed by atoms with E-state index in [0.717, 1.165) is 18.5 Å². The third-order valence-electron chi connectivity index (χ3n) is 2.02. The summed E-state index contributed by atoms with van der Waals surface area (Å²) in [5, 5.41) is 11.3. The SMILES string of the molecule is CCCc1[nH]n(CCC#N)c(=O)c1N. The van der Waals surface area contributed by atoms with Crippen molar-refractivity contribution in [2.24, 2.45) is 0 Å². The van der Waals surface area contributed by atoms with Gasteiger partial charge >= 0.3 is 0 Å². The molecule has 0 atom stereocenters. The Bertz CT molecular complexity index is 396. The topological polar surface area (TPSA) is 87.6 Å². The highest BCUT2D eigenvalue weighted by molar-refractivity contribution is 5.40. The molecule has 0 bridgehead atoms. The lowest BCUT2D eigenvalue weighted by atomic mass is 10.2. The molecule has 5 nitrogen and oxygen atoms in total. The van der Waals surface area contributed by atoms with Crippen molar-refractivity contribution in [1.82, 2.24) is 9.78 Å². The standard InChI is InChI=1S/C9H14N4O/c1-2-4-7-8(11)9(14)13(12-7)6-3-5-10/h12H,2-4,6,11H2,1H3. The van der Waals surface area contributed by atoms with Crippen LogP contribution in [0.3, 0.4) is 0 Å². The van der Waals surface area contributed by atoms with Crippen LogP contribution in [0.4, 0.5) is 5.69 Å². The second-order valence-electron chi connectivity index (χ2n) is 3.12.